The highest BCUT2D eigenvalue weighted by Gasteiger charge is 2.49. The third-order valence-corrected chi connectivity index (χ3v) is 7.10. The SMILES string of the molecule is CC(=O)Oc1ccccc1-c1cc2c(nc1-c1ccc([C@]3(N)C[C@](C)(O)C3)cc1)N1NC(C)C=C1N=C2. The largest absolute Gasteiger partial charge is 0.426 e. The molecular formula is C29H29N5O3. The van der Waals surface area contributed by atoms with Gasteiger partial charge >= 0.3 is 5.97 Å². The number of nitrogens with two attached hydrogens (primary N) is 1. The summed E-state index contributed by atoms with van der Waals surface area (Å²) in [7, 11) is 0. The van der Waals surface area contributed by atoms with Crippen molar-refractivity contribution in [2.24, 2.45) is 10.7 Å². The number of pyridine rings is 1. The van der Waals surface area contributed by atoms with Gasteiger partial charge in [-0.25, -0.2) is 20.4 Å². The van der Waals surface area contributed by atoms with Gasteiger partial charge in [0, 0.05) is 47.0 Å². The second kappa shape index (κ2) is 8.34. The number of hydrazine groups is 1. The molecule has 6 rings (SSSR count). The van der Waals surface area contributed by atoms with Crippen molar-refractivity contribution in [2.45, 2.75) is 50.8 Å². The molecule has 0 bridgehead atoms. The van der Waals surface area contributed by atoms with Crippen molar-refractivity contribution in [3.05, 3.63) is 77.6 Å². The minimum Gasteiger partial charge on any atom is -0.426 e. The number of carbonyl (C=O) groups excluding carboxylic acids is 1. The fraction of sp³-hybridized carbons (Fsp3) is 0.276. The number of anilines is 1. The number of rotatable bonds is 4. The molecule has 1 unspecified atom stereocenters. The summed E-state index contributed by atoms with van der Waals surface area (Å²) in [6.07, 6.45) is 4.90. The average molecular weight is 496 g/mol. The fourth-order valence-electron chi connectivity index (χ4n) is 5.63. The molecule has 3 aliphatic rings. The summed E-state index contributed by atoms with van der Waals surface area (Å²) in [6.45, 7) is 5.27. The Morgan fingerprint density at radius 2 is 1.89 bits per heavy atom. The Morgan fingerprint density at radius 1 is 1.16 bits per heavy atom. The van der Waals surface area contributed by atoms with E-state index >= 15 is 0 Å². The monoisotopic (exact) mass is 495 g/mol. The summed E-state index contributed by atoms with van der Waals surface area (Å²) in [5.41, 5.74) is 13.8. The van der Waals surface area contributed by atoms with Crippen LogP contribution in [0.1, 0.15) is 44.7 Å². The predicted octanol–water partition coefficient (Wildman–Crippen LogP) is 4.03. The van der Waals surface area contributed by atoms with Crippen molar-refractivity contribution in [1.29, 1.82) is 0 Å². The van der Waals surface area contributed by atoms with Crippen LogP contribution >= 0.6 is 0 Å². The number of nitrogens with zero attached hydrogens (tertiary/aromatic N) is 3. The Hall–Kier alpha value is -3.85. The van der Waals surface area contributed by atoms with Crippen molar-refractivity contribution in [1.82, 2.24) is 10.4 Å². The maximum absolute atomic E-state index is 11.8. The van der Waals surface area contributed by atoms with Gasteiger partial charge in [0.15, 0.2) is 5.82 Å². The lowest BCUT2D eigenvalue weighted by molar-refractivity contribution is -0.131. The zero-order valence-corrected chi connectivity index (χ0v) is 21.0. The first-order valence-electron chi connectivity index (χ1n) is 12.4. The van der Waals surface area contributed by atoms with Crippen LogP contribution in [0.2, 0.25) is 0 Å². The number of aromatic nitrogens is 1. The molecule has 0 amide bonds. The standard InChI is InChI=1S/C29H29N5O3/c1-17-12-25-31-14-20-13-23(22-6-4-5-7-24(22)37-18(2)35)26(32-27(20)34(25)33-17)19-8-10-21(11-9-19)29(30)15-28(3,36)16-29/h4-14,17,33,36H,15-16,30H2,1-3H3/t17?,28-,29-. The number of aliphatic imine (C=N–C) groups is 1. The highest BCUT2D eigenvalue weighted by molar-refractivity contribution is 5.96. The average Bonchev–Trinajstić information content (AvgIpc) is 3.23. The van der Waals surface area contributed by atoms with E-state index in [4.69, 9.17) is 15.5 Å². The predicted molar refractivity (Wildman–Crippen MR) is 143 cm³/mol. The summed E-state index contributed by atoms with van der Waals surface area (Å²) in [5.74, 6) is 1.64. The number of para-hydroxylation sites is 1. The Morgan fingerprint density at radius 3 is 2.59 bits per heavy atom. The Kier molecular flexibility index (Phi) is 5.31. The molecule has 1 aromatic heterocycles. The molecule has 3 heterocycles. The van der Waals surface area contributed by atoms with E-state index in [0.717, 1.165) is 45.2 Å². The second-order valence-corrected chi connectivity index (χ2v) is 10.5. The van der Waals surface area contributed by atoms with E-state index in [0.29, 0.717) is 18.6 Å². The topological polar surface area (TPSA) is 113 Å². The Labute approximate surface area is 215 Å². The Balaban J connectivity index is 1.49. The lowest BCUT2D eigenvalue weighted by Crippen LogP contribution is -2.58. The molecule has 8 nitrogen and oxygen atoms in total. The molecule has 1 fully saturated rings. The van der Waals surface area contributed by atoms with Gasteiger partial charge in [-0.1, -0.05) is 42.5 Å². The van der Waals surface area contributed by atoms with Gasteiger partial charge in [-0.15, -0.1) is 0 Å². The molecule has 4 N–H and O–H groups in total. The maximum atomic E-state index is 11.8. The highest BCUT2D eigenvalue weighted by atomic mass is 16.5. The minimum absolute atomic E-state index is 0.132. The van der Waals surface area contributed by atoms with Crippen LogP contribution in [0.3, 0.4) is 0 Å². The first-order chi connectivity index (χ1) is 17.6. The molecule has 3 aromatic rings. The van der Waals surface area contributed by atoms with E-state index in [1.165, 1.54) is 6.92 Å². The van der Waals surface area contributed by atoms with Gasteiger partial charge in [0.2, 0.25) is 0 Å². The molecule has 37 heavy (non-hydrogen) atoms. The van der Waals surface area contributed by atoms with Gasteiger partial charge in [-0.05, 0) is 50.5 Å². The van der Waals surface area contributed by atoms with Crippen LogP contribution in [-0.4, -0.2) is 33.9 Å². The normalized spacial score (nSPS) is 25.7. The van der Waals surface area contributed by atoms with Crippen LogP contribution in [0.5, 0.6) is 5.75 Å². The number of aliphatic hydroxyl groups is 1. The van der Waals surface area contributed by atoms with Crippen LogP contribution in [0.15, 0.2) is 71.5 Å². The molecule has 188 valence electrons. The van der Waals surface area contributed by atoms with Crippen LogP contribution in [-0.2, 0) is 10.3 Å². The van der Waals surface area contributed by atoms with Crippen molar-refractivity contribution in [3.8, 4) is 28.1 Å². The van der Waals surface area contributed by atoms with Crippen molar-refractivity contribution in [2.75, 3.05) is 5.01 Å². The number of benzene rings is 2. The molecule has 1 saturated carbocycles. The van der Waals surface area contributed by atoms with Gasteiger partial charge in [-0.3, -0.25) is 4.79 Å². The maximum Gasteiger partial charge on any atom is 0.308 e. The minimum atomic E-state index is -0.728. The van der Waals surface area contributed by atoms with Crippen molar-refractivity contribution < 1.29 is 14.6 Å². The summed E-state index contributed by atoms with van der Waals surface area (Å²) in [6, 6.07) is 17.7. The van der Waals surface area contributed by atoms with Gasteiger partial charge in [-0.2, -0.15) is 0 Å². The van der Waals surface area contributed by atoms with E-state index in [9.17, 15) is 9.90 Å². The lowest BCUT2D eigenvalue weighted by Gasteiger charge is -2.49. The van der Waals surface area contributed by atoms with E-state index in [2.05, 4.69) is 17.3 Å². The summed E-state index contributed by atoms with van der Waals surface area (Å²) >= 11 is 0. The molecule has 0 spiro atoms. The van der Waals surface area contributed by atoms with Gasteiger partial charge < -0.3 is 15.6 Å². The number of hydrogen-bond donors (Lipinski definition) is 3. The molecule has 1 atom stereocenters. The third kappa shape index (κ3) is 4.13. The van der Waals surface area contributed by atoms with Gasteiger partial charge in [0.05, 0.1) is 11.3 Å². The first-order valence-corrected chi connectivity index (χ1v) is 12.4. The smallest absolute Gasteiger partial charge is 0.308 e. The van der Waals surface area contributed by atoms with Gasteiger partial charge in [0.1, 0.15) is 11.6 Å². The first kappa shape index (κ1) is 23.5. The van der Waals surface area contributed by atoms with Crippen LogP contribution < -0.4 is 20.9 Å². The quantitative estimate of drug-likeness (QED) is 0.370. The molecule has 0 radical (unpaired) electrons. The van der Waals surface area contributed by atoms with E-state index in [1.807, 2.05) is 72.8 Å². The second-order valence-electron chi connectivity index (χ2n) is 10.5. The number of hydrogen-bond acceptors (Lipinski definition) is 8. The van der Waals surface area contributed by atoms with Crippen LogP contribution in [0, 0.1) is 0 Å². The lowest BCUT2D eigenvalue weighted by atomic mass is 9.63. The van der Waals surface area contributed by atoms with Crippen LogP contribution in [0.25, 0.3) is 22.4 Å². The fourth-order valence-corrected chi connectivity index (χ4v) is 5.63. The molecule has 1 aliphatic carbocycles. The summed E-state index contributed by atoms with van der Waals surface area (Å²) in [5, 5.41) is 12.2. The number of ether oxygens (including phenoxy) is 1. The van der Waals surface area contributed by atoms with E-state index in [1.54, 1.807) is 6.07 Å². The molecule has 0 saturated heterocycles. The number of carbonyl (C=O) groups is 1. The van der Waals surface area contributed by atoms with Crippen molar-refractivity contribution >= 4 is 18.0 Å². The molecule has 2 aliphatic heterocycles. The number of nitrogens with one attached hydrogen (secondary N) is 1. The molecule has 2 aromatic carbocycles. The van der Waals surface area contributed by atoms with E-state index in [-0.39, 0.29) is 12.0 Å². The number of esters is 1. The van der Waals surface area contributed by atoms with Crippen molar-refractivity contribution in [3.63, 3.8) is 0 Å². The Bertz CT molecular complexity index is 1470. The number of fused-ring (bicyclic) bond motifs is 3. The van der Waals surface area contributed by atoms with E-state index < -0.39 is 11.1 Å². The summed E-state index contributed by atoms with van der Waals surface area (Å²) < 4.78 is 5.55. The molecular weight excluding hydrogens is 466 g/mol. The third-order valence-electron chi connectivity index (χ3n) is 7.10. The zero-order valence-electron chi connectivity index (χ0n) is 21.0. The summed E-state index contributed by atoms with van der Waals surface area (Å²) in [4.78, 5) is 21.6. The zero-order chi connectivity index (χ0) is 25.9. The highest BCUT2D eigenvalue weighted by Crippen LogP contribution is 2.47. The van der Waals surface area contributed by atoms with Gasteiger partial charge in [0.25, 0.3) is 0 Å². The molecule has 8 heteroatoms. The van der Waals surface area contributed by atoms with Crippen LogP contribution in [0.4, 0.5) is 5.82 Å².